The summed E-state index contributed by atoms with van der Waals surface area (Å²) in [6.07, 6.45) is 7.04. The average Bonchev–Trinajstić information content (AvgIpc) is 2.44. The van der Waals surface area contributed by atoms with Crippen LogP contribution in [-0.2, 0) is 19.4 Å². The van der Waals surface area contributed by atoms with E-state index in [1.54, 1.807) is 0 Å². The number of imidazole rings is 1. The molecule has 1 aliphatic rings. The lowest BCUT2D eigenvalue weighted by atomic mass is 10.2. The van der Waals surface area contributed by atoms with Gasteiger partial charge in [0.25, 0.3) is 0 Å². The maximum atomic E-state index is 4.62. The fourth-order valence-corrected chi connectivity index (χ4v) is 2.19. The highest BCUT2D eigenvalue weighted by Gasteiger charge is 2.12. The molecule has 1 unspecified atom stereocenters. The van der Waals surface area contributed by atoms with Crippen molar-refractivity contribution >= 4 is 15.9 Å². The minimum absolute atomic E-state index is 0.532. The van der Waals surface area contributed by atoms with E-state index in [9.17, 15) is 0 Å². The molecule has 0 aliphatic carbocycles. The van der Waals surface area contributed by atoms with Gasteiger partial charge in [-0.05, 0) is 12.8 Å². The third-order valence-corrected chi connectivity index (χ3v) is 2.77. The molecule has 0 saturated heterocycles. The van der Waals surface area contributed by atoms with E-state index >= 15 is 0 Å². The molecule has 2 rings (SSSR count). The average molecular weight is 243 g/mol. The zero-order valence-corrected chi connectivity index (χ0v) is 9.55. The quantitative estimate of drug-likeness (QED) is 0.730. The van der Waals surface area contributed by atoms with Crippen molar-refractivity contribution in [2.24, 2.45) is 0 Å². The fourth-order valence-electron chi connectivity index (χ4n) is 1.86. The third kappa shape index (κ3) is 2.13. The molecule has 0 spiro atoms. The third-order valence-electron chi connectivity index (χ3n) is 2.45. The molecule has 0 bridgehead atoms. The summed E-state index contributed by atoms with van der Waals surface area (Å²) < 4.78 is 2.31. The van der Waals surface area contributed by atoms with E-state index in [4.69, 9.17) is 0 Å². The Balaban J connectivity index is 2.15. The van der Waals surface area contributed by atoms with Gasteiger partial charge >= 0.3 is 0 Å². The first kappa shape index (κ1) is 9.25. The second-order valence-corrected chi connectivity index (χ2v) is 5.35. The number of alkyl halides is 1. The van der Waals surface area contributed by atoms with Crippen LogP contribution in [0, 0.1) is 0 Å². The predicted octanol–water partition coefficient (Wildman–Crippen LogP) is 2.55. The number of hydrogen-bond donors (Lipinski definition) is 0. The van der Waals surface area contributed by atoms with Crippen LogP contribution in [0.15, 0.2) is 6.20 Å². The molecule has 2 heterocycles. The monoisotopic (exact) mass is 242 g/mol. The highest BCUT2D eigenvalue weighted by atomic mass is 79.9. The summed E-state index contributed by atoms with van der Waals surface area (Å²) in [6, 6.07) is 0. The Kier molecular flexibility index (Phi) is 2.72. The van der Waals surface area contributed by atoms with Crippen LogP contribution in [0.3, 0.4) is 0 Å². The van der Waals surface area contributed by atoms with E-state index in [2.05, 4.69) is 38.6 Å². The Morgan fingerprint density at radius 2 is 2.46 bits per heavy atom. The summed E-state index contributed by atoms with van der Waals surface area (Å²) >= 11 is 3.56. The molecule has 72 valence electrons. The van der Waals surface area contributed by atoms with E-state index in [1.165, 1.54) is 30.9 Å². The van der Waals surface area contributed by atoms with Crippen molar-refractivity contribution in [2.75, 3.05) is 0 Å². The highest BCUT2D eigenvalue weighted by molar-refractivity contribution is 9.09. The molecule has 1 aliphatic heterocycles. The number of nitrogens with zero attached hydrogens (tertiary/aromatic N) is 2. The van der Waals surface area contributed by atoms with Gasteiger partial charge < -0.3 is 4.57 Å². The molecule has 0 saturated carbocycles. The Morgan fingerprint density at radius 3 is 3.15 bits per heavy atom. The molecule has 13 heavy (non-hydrogen) atoms. The van der Waals surface area contributed by atoms with Crippen LogP contribution >= 0.6 is 15.9 Å². The zero-order chi connectivity index (χ0) is 9.26. The molecule has 0 N–H and O–H groups in total. The number of hydrogen-bond acceptors (Lipinski definition) is 1. The molecule has 0 aromatic carbocycles. The molecule has 0 fully saturated rings. The molecule has 3 heteroatoms. The molecule has 2 nitrogen and oxygen atoms in total. The molecule has 1 aromatic heterocycles. The van der Waals surface area contributed by atoms with Gasteiger partial charge in [-0.1, -0.05) is 22.9 Å². The number of aryl methyl sites for hydroxylation is 2. The van der Waals surface area contributed by atoms with E-state index in [0.29, 0.717) is 4.83 Å². The first-order chi connectivity index (χ1) is 6.25. The molecule has 0 radical (unpaired) electrons. The van der Waals surface area contributed by atoms with Crippen LogP contribution in [0.2, 0.25) is 0 Å². The van der Waals surface area contributed by atoms with Gasteiger partial charge in [-0.15, -0.1) is 0 Å². The molecular formula is C10H15BrN2. The van der Waals surface area contributed by atoms with Crippen molar-refractivity contribution < 1.29 is 0 Å². The topological polar surface area (TPSA) is 17.8 Å². The van der Waals surface area contributed by atoms with Crippen molar-refractivity contribution in [3.05, 3.63) is 17.7 Å². The van der Waals surface area contributed by atoms with E-state index in [1.807, 2.05) is 0 Å². The van der Waals surface area contributed by atoms with Crippen LogP contribution in [0.1, 0.15) is 31.3 Å². The Hall–Kier alpha value is -0.310. The number of halogens is 1. The summed E-state index contributed by atoms with van der Waals surface area (Å²) in [5.74, 6) is 1.29. The Labute approximate surface area is 87.5 Å². The Bertz CT molecular complexity index is 268. The molecule has 0 amide bonds. The first-order valence-corrected chi connectivity index (χ1v) is 5.86. The van der Waals surface area contributed by atoms with Crippen LogP contribution in [0.4, 0.5) is 0 Å². The molecule has 1 atom stereocenters. The SMILES string of the molecule is CC(Br)Cc1cn2c(n1)CCCC2. The maximum absolute atomic E-state index is 4.62. The summed E-state index contributed by atoms with van der Waals surface area (Å²) in [6.45, 7) is 3.33. The highest BCUT2D eigenvalue weighted by Crippen LogP contribution is 2.16. The number of aromatic nitrogens is 2. The largest absolute Gasteiger partial charge is 0.335 e. The van der Waals surface area contributed by atoms with Crippen LogP contribution in [0.25, 0.3) is 0 Å². The summed E-state index contributed by atoms with van der Waals surface area (Å²) in [5, 5.41) is 0. The van der Waals surface area contributed by atoms with Crippen LogP contribution in [-0.4, -0.2) is 14.4 Å². The van der Waals surface area contributed by atoms with E-state index < -0.39 is 0 Å². The Morgan fingerprint density at radius 1 is 1.62 bits per heavy atom. The van der Waals surface area contributed by atoms with Crippen molar-refractivity contribution in [1.82, 2.24) is 9.55 Å². The van der Waals surface area contributed by atoms with Gasteiger partial charge in [0.2, 0.25) is 0 Å². The van der Waals surface area contributed by atoms with Crippen molar-refractivity contribution in [1.29, 1.82) is 0 Å². The van der Waals surface area contributed by atoms with Gasteiger partial charge in [0, 0.05) is 30.4 Å². The minimum atomic E-state index is 0.532. The minimum Gasteiger partial charge on any atom is -0.335 e. The van der Waals surface area contributed by atoms with Crippen molar-refractivity contribution in [3.63, 3.8) is 0 Å². The normalized spacial score (nSPS) is 18.3. The van der Waals surface area contributed by atoms with Gasteiger partial charge in [-0.25, -0.2) is 4.98 Å². The van der Waals surface area contributed by atoms with Gasteiger partial charge in [0.15, 0.2) is 0 Å². The lowest BCUT2D eigenvalue weighted by molar-refractivity contribution is 0.522. The summed E-state index contributed by atoms with van der Waals surface area (Å²) in [5.41, 5.74) is 1.24. The lowest BCUT2D eigenvalue weighted by Gasteiger charge is -2.11. The fraction of sp³-hybridized carbons (Fsp3) is 0.700. The smallest absolute Gasteiger partial charge is 0.108 e. The van der Waals surface area contributed by atoms with Crippen LogP contribution < -0.4 is 0 Å². The van der Waals surface area contributed by atoms with Crippen molar-refractivity contribution in [3.8, 4) is 0 Å². The zero-order valence-electron chi connectivity index (χ0n) is 7.96. The number of rotatable bonds is 2. The second kappa shape index (κ2) is 3.82. The lowest BCUT2D eigenvalue weighted by Crippen LogP contribution is -2.08. The van der Waals surface area contributed by atoms with E-state index in [-0.39, 0.29) is 0 Å². The summed E-state index contributed by atoms with van der Waals surface area (Å²) in [4.78, 5) is 5.16. The van der Waals surface area contributed by atoms with Crippen LogP contribution in [0.5, 0.6) is 0 Å². The number of fused-ring (bicyclic) bond motifs is 1. The van der Waals surface area contributed by atoms with Gasteiger partial charge in [0.05, 0.1) is 5.69 Å². The molecule has 1 aromatic rings. The van der Waals surface area contributed by atoms with Gasteiger partial charge in [0.1, 0.15) is 5.82 Å². The first-order valence-electron chi connectivity index (χ1n) is 4.94. The van der Waals surface area contributed by atoms with E-state index in [0.717, 1.165) is 12.8 Å². The maximum Gasteiger partial charge on any atom is 0.108 e. The molecular weight excluding hydrogens is 228 g/mol. The van der Waals surface area contributed by atoms with Gasteiger partial charge in [-0.2, -0.15) is 0 Å². The van der Waals surface area contributed by atoms with Crippen molar-refractivity contribution in [2.45, 2.75) is 44.0 Å². The second-order valence-electron chi connectivity index (χ2n) is 3.78. The predicted molar refractivity (Wildman–Crippen MR) is 57.3 cm³/mol. The van der Waals surface area contributed by atoms with Gasteiger partial charge in [-0.3, -0.25) is 0 Å². The summed E-state index contributed by atoms with van der Waals surface area (Å²) in [7, 11) is 0. The standard InChI is InChI=1S/C10H15BrN2/c1-8(11)6-9-7-13-5-3-2-4-10(13)12-9/h7-8H,2-6H2,1H3.